The highest BCUT2D eigenvalue weighted by atomic mass is 32.1. The van der Waals surface area contributed by atoms with Gasteiger partial charge < -0.3 is 10.6 Å². The van der Waals surface area contributed by atoms with Gasteiger partial charge in [-0.3, -0.25) is 9.36 Å². The van der Waals surface area contributed by atoms with Gasteiger partial charge in [-0.25, -0.2) is 4.39 Å². The number of nitrogens with zero attached hydrogens (tertiary/aromatic N) is 4. The molecule has 8 heteroatoms. The molecule has 0 saturated carbocycles. The second-order valence-electron chi connectivity index (χ2n) is 5.44. The van der Waals surface area contributed by atoms with Crippen molar-refractivity contribution in [1.82, 2.24) is 24.9 Å². The Hall–Kier alpha value is -2.74. The summed E-state index contributed by atoms with van der Waals surface area (Å²) in [6.45, 7) is 3.79. The van der Waals surface area contributed by atoms with Gasteiger partial charge in [-0.2, -0.15) is 10.2 Å². The van der Waals surface area contributed by atoms with Crippen LogP contribution in [0, 0.1) is 5.82 Å². The number of aryl methyl sites for hydroxylation is 1. The van der Waals surface area contributed by atoms with Crippen molar-refractivity contribution in [3.05, 3.63) is 65.9 Å². The van der Waals surface area contributed by atoms with E-state index < -0.39 is 0 Å². The topological polar surface area (TPSA) is 59.7 Å². The Labute approximate surface area is 150 Å². The number of halogens is 1. The van der Waals surface area contributed by atoms with E-state index in [1.54, 1.807) is 41.3 Å². The van der Waals surface area contributed by atoms with E-state index in [0.29, 0.717) is 29.6 Å². The lowest BCUT2D eigenvalue weighted by atomic mass is 10.2. The standard InChI is InChI=1S/C17H19FN6S/c1-2-24-14(7-9-20-24)11-19-17(25)21-16-8-10-23(22-16)12-13-5-3-4-6-15(13)18/h3-10H,2,11-12H2,1H3,(H2,19,21,22,25). The Balaban J connectivity index is 1.54. The third-order valence-electron chi connectivity index (χ3n) is 3.71. The molecule has 0 aliphatic carbocycles. The maximum atomic E-state index is 13.7. The predicted molar refractivity (Wildman–Crippen MR) is 98.7 cm³/mol. The average molecular weight is 358 g/mol. The van der Waals surface area contributed by atoms with Crippen molar-refractivity contribution in [2.45, 2.75) is 26.6 Å². The van der Waals surface area contributed by atoms with Gasteiger partial charge in [0.2, 0.25) is 0 Å². The van der Waals surface area contributed by atoms with Crippen molar-refractivity contribution in [1.29, 1.82) is 0 Å². The molecule has 0 spiro atoms. The van der Waals surface area contributed by atoms with Crippen LogP contribution in [0.15, 0.2) is 48.8 Å². The summed E-state index contributed by atoms with van der Waals surface area (Å²) in [5.41, 5.74) is 1.64. The first kappa shape index (κ1) is 17.1. The van der Waals surface area contributed by atoms with E-state index in [9.17, 15) is 4.39 Å². The fourth-order valence-electron chi connectivity index (χ4n) is 2.44. The van der Waals surface area contributed by atoms with Crippen LogP contribution in [0.5, 0.6) is 0 Å². The van der Waals surface area contributed by atoms with Crippen molar-refractivity contribution < 1.29 is 4.39 Å². The van der Waals surface area contributed by atoms with Crippen LogP contribution in [0.1, 0.15) is 18.2 Å². The highest BCUT2D eigenvalue weighted by Crippen LogP contribution is 2.10. The van der Waals surface area contributed by atoms with E-state index in [2.05, 4.69) is 20.8 Å². The molecule has 1 aromatic carbocycles. The van der Waals surface area contributed by atoms with Gasteiger partial charge in [0.1, 0.15) is 5.82 Å². The zero-order chi connectivity index (χ0) is 17.6. The first-order chi connectivity index (χ1) is 12.2. The number of anilines is 1. The lowest BCUT2D eigenvalue weighted by Gasteiger charge is -2.09. The Morgan fingerprint density at radius 1 is 1.24 bits per heavy atom. The third kappa shape index (κ3) is 4.42. The van der Waals surface area contributed by atoms with Gasteiger partial charge in [0, 0.05) is 30.6 Å². The third-order valence-corrected chi connectivity index (χ3v) is 3.95. The average Bonchev–Trinajstić information content (AvgIpc) is 3.24. The first-order valence-electron chi connectivity index (χ1n) is 7.98. The van der Waals surface area contributed by atoms with Gasteiger partial charge in [0.05, 0.1) is 18.8 Å². The number of hydrogen-bond donors (Lipinski definition) is 2. The number of nitrogens with one attached hydrogen (secondary N) is 2. The van der Waals surface area contributed by atoms with Crippen LogP contribution in [-0.4, -0.2) is 24.7 Å². The van der Waals surface area contributed by atoms with Crippen LogP contribution in [0.2, 0.25) is 0 Å². The van der Waals surface area contributed by atoms with Crippen molar-refractivity contribution in [3.8, 4) is 0 Å². The van der Waals surface area contributed by atoms with Crippen molar-refractivity contribution >= 4 is 23.1 Å². The molecule has 25 heavy (non-hydrogen) atoms. The van der Waals surface area contributed by atoms with E-state index in [-0.39, 0.29) is 5.82 Å². The van der Waals surface area contributed by atoms with E-state index in [1.807, 2.05) is 17.7 Å². The molecule has 2 aromatic heterocycles. The smallest absolute Gasteiger partial charge is 0.172 e. The molecule has 0 aliphatic rings. The summed E-state index contributed by atoms with van der Waals surface area (Å²) >= 11 is 5.29. The zero-order valence-electron chi connectivity index (χ0n) is 13.8. The second kappa shape index (κ2) is 7.89. The minimum absolute atomic E-state index is 0.239. The van der Waals surface area contributed by atoms with Crippen molar-refractivity contribution in [3.63, 3.8) is 0 Å². The molecule has 0 radical (unpaired) electrons. The van der Waals surface area contributed by atoms with Crippen molar-refractivity contribution in [2.24, 2.45) is 0 Å². The molecule has 0 atom stereocenters. The normalized spacial score (nSPS) is 10.6. The summed E-state index contributed by atoms with van der Waals surface area (Å²) in [5, 5.41) is 15.2. The highest BCUT2D eigenvalue weighted by molar-refractivity contribution is 7.80. The molecule has 6 nitrogen and oxygen atoms in total. The summed E-state index contributed by atoms with van der Waals surface area (Å²) in [5.74, 6) is 0.370. The maximum Gasteiger partial charge on any atom is 0.172 e. The summed E-state index contributed by atoms with van der Waals surface area (Å²) in [7, 11) is 0. The molecule has 2 N–H and O–H groups in total. The quantitative estimate of drug-likeness (QED) is 0.664. The fraction of sp³-hybridized carbons (Fsp3) is 0.235. The van der Waals surface area contributed by atoms with Gasteiger partial charge in [0.25, 0.3) is 0 Å². The van der Waals surface area contributed by atoms with Gasteiger partial charge >= 0.3 is 0 Å². The van der Waals surface area contributed by atoms with Crippen LogP contribution in [0.4, 0.5) is 10.2 Å². The van der Waals surface area contributed by atoms with Gasteiger partial charge in [-0.05, 0) is 31.3 Å². The van der Waals surface area contributed by atoms with Crippen molar-refractivity contribution in [2.75, 3.05) is 5.32 Å². The minimum atomic E-state index is -0.239. The van der Waals surface area contributed by atoms with Crippen LogP contribution >= 0.6 is 12.2 Å². The van der Waals surface area contributed by atoms with Crippen LogP contribution in [0.25, 0.3) is 0 Å². The molecule has 3 aromatic rings. The molecule has 0 saturated heterocycles. The van der Waals surface area contributed by atoms with Gasteiger partial charge in [0.15, 0.2) is 10.9 Å². The molecule has 2 heterocycles. The minimum Gasteiger partial charge on any atom is -0.357 e. The lowest BCUT2D eigenvalue weighted by molar-refractivity contribution is 0.586. The molecule has 0 amide bonds. The Morgan fingerprint density at radius 3 is 2.88 bits per heavy atom. The molecule has 0 aliphatic heterocycles. The lowest BCUT2D eigenvalue weighted by Crippen LogP contribution is -2.29. The number of rotatable bonds is 6. The van der Waals surface area contributed by atoms with Crippen LogP contribution in [-0.2, 0) is 19.6 Å². The van der Waals surface area contributed by atoms with Crippen LogP contribution < -0.4 is 10.6 Å². The molecule has 3 rings (SSSR count). The SMILES string of the molecule is CCn1nccc1CNC(=S)Nc1ccn(Cc2ccccc2F)n1. The molecule has 0 unspecified atom stereocenters. The largest absolute Gasteiger partial charge is 0.357 e. The van der Waals surface area contributed by atoms with Gasteiger partial charge in [-0.1, -0.05) is 18.2 Å². The van der Waals surface area contributed by atoms with E-state index in [0.717, 1.165) is 12.2 Å². The Bertz CT molecular complexity index is 856. The fourth-order valence-corrected chi connectivity index (χ4v) is 2.62. The molecular weight excluding hydrogens is 339 g/mol. The predicted octanol–water partition coefficient (Wildman–Crippen LogP) is 2.77. The number of thiocarbonyl (C=S) groups is 1. The van der Waals surface area contributed by atoms with E-state index in [1.165, 1.54) is 6.07 Å². The summed E-state index contributed by atoms with van der Waals surface area (Å²) in [4.78, 5) is 0. The number of hydrogen-bond acceptors (Lipinski definition) is 3. The Morgan fingerprint density at radius 2 is 2.08 bits per heavy atom. The maximum absolute atomic E-state index is 13.7. The number of aromatic nitrogens is 4. The molecular formula is C17H19FN6S. The molecule has 0 fully saturated rings. The molecule has 130 valence electrons. The first-order valence-corrected chi connectivity index (χ1v) is 8.39. The summed E-state index contributed by atoms with van der Waals surface area (Å²) in [6, 6.07) is 10.4. The number of benzene rings is 1. The van der Waals surface area contributed by atoms with Gasteiger partial charge in [-0.15, -0.1) is 0 Å². The highest BCUT2D eigenvalue weighted by Gasteiger charge is 2.06. The van der Waals surface area contributed by atoms with Crippen LogP contribution in [0.3, 0.4) is 0 Å². The monoisotopic (exact) mass is 358 g/mol. The second-order valence-corrected chi connectivity index (χ2v) is 5.84. The summed E-state index contributed by atoms with van der Waals surface area (Å²) < 4.78 is 17.3. The Kier molecular flexibility index (Phi) is 5.39. The zero-order valence-corrected chi connectivity index (χ0v) is 14.6. The summed E-state index contributed by atoms with van der Waals surface area (Å²) in [6.07, 6.45) is 3.55. The van der Waals surface area contributed by atoms with E-state index in [4.69, 9.17) is 12.2 Å². The molecule has 0 bridgehead atoms. The van der Waals surface area contributed by atoms with E-state index >= 15 is 0 Å².